The van der Waals surface area contributed by atoms with E-state index in [9.17, 15) is 9.90 Å². The summed E-state index contributed by atoms with van der Waals surface area (Å²) in [4.78, 5) is 12.2. The van der Waals surface area contributed by atoms with Crippen LogP contribution in [0.2, 0.25) is 5.02 Å². The van der Waals surface area contributed by atoms with Crippen molar-refractivity contribution < 1.29 is 14.6 Å². The fourth-order valence-corrected chi connectivity index (χ4v) is 2.03. The molecule has 2 aromatic rings. The highest BCUT2D eigenvalue weighted by molar-refractivity contribution is 6.33. The molecule has 2 rings (SSSR count). The summed E-state index contributed by atoms with van der Waals surface area (Å²) in [5.41, 5.74) is 7.81. The fraction of sp³-hybridized carbons (Fsp3) is 0.133. The maximum Gasteiger partial charge on any atom is 0.255 e. The molecule has 0 heterocycles. The number of phenols is 1. The van der Waals surface area contributed by atoms with Gasteiger partial charge in [0.15, 0.2) is 11.5 Å². The standard InChI is InChI=1S/C15H15ClN2O3/c1-8-5-11(17)10(16)7-12(8)18-15(20)9-3-4-14(21-2)13(19)6-9/h3-7,19H,17H2,1-2H3,(H,18,20). The Morgan fingerprint density at radius 2 is 2.05 bits per heavy atom. The lowest BCUT2D eigenvalue weighted by Gasteiger charge is -2.11. The van der Waals surface area contributed by atoms with Gasteiger partial charge in [0, 0.05) is 11.3 Å². The first kappa shape index (κ1) is 15.0. The summed E-state index contributed by atoms with van der Waals surface area (Å²) < 4.78 is 4.93. The zero-order valence-corrected chi connectivity index (χ0v) is 12.4. The SMILES string of the molecule is COc1ccc(C(=O)Nc2cc(Cl)c(N)cc2C)cc1O. The number of carbonyl (C=O) groups excluding carboxylic acids is 1. The molecule has 0 aliphatic heterocycles. The van der Waals surface area contributed by atoms with Gasteiger partial charge in [-0.3, -0.25) is 4.79 Å². The van der Waals surface area contributed by atoms with Crippen LogP contribution in [-0.4, -0.2) is 18.1 Å². The Bertz CT molecular complexity index is 702. The Balaban J connectivity index is 2.26. The van der Waals surface area contributed by atoms with Crippen molar-refractivity contribution in [2.75, 3.05) is 18.2 Å². The Labute approximate surface area is 127 Å². The average Bonchev–Trinajstić information content (AvgIpc) is 2.44. The summed E-state index contributed by atoms with van der Waals surface area (Å²) in [6.07, 6.45) is 0. The minimum absolute atomic E-state index is 0.0998. The van der Waals surface area contributed by atoms with Crippen LogP contribution in [0.3, 0.4) is 0 Å². The van der Waals surface area contributed by atoms with Gasteiger partial charge in [0.2, 0.25) is 0 Å². The number of nitrogen functional groups attached to an aromatic ring is 1. The van der Waals surface area contributed by atoms with Crippen molar-refractivity contribution in [2.45, 2.75) is 6.92 Å². The molecule has 0 fully saturated rings. The number of halogens is 1. The van der Waals surface area contributed by atoms with E-state index in [2.05, 4.69) is 5.32 Å². The number of anilines is 2. The van der Waals surface area contributed by atoms with Crippen molar-refractivity contribution in [2.24, 2.45) is 0 Å². The molecule has 6 heteroatoms. The Morgan fingerprint density at radius 3 is 2.67 bits per heavy atom. The first-order valence-corrected chi connectivity index (χ1v) is 6.54. The van der Waals surface area contributed by atoms with Gasteiger partial charge in [0.05, 0.1) is 17.8 Å². The number of aryl methyl sites for hydroxylation is 1. The van der Waals surface area contributed by atoms with Gasteiger partial charge in [-0.05, 0) is 42.8 Å². The quantitative estimate of drug-likeness (QED) is 0.760. The van der Waals surface area contributed by atoms with E-state index in [4.69, 9.17) is 22.1 Å². The molecule has 0 aliphatic rings. The first-order chi connectivity index (χ1) is 9.92. The Hall–Kier alpha value is -2.40. The normalized spacial score (nSPS) is 10.2. The number of carbonyl (C=O) groups is 1. The second-order valence-corrected chi connectivity index (χ2v) is 4.94. The molecule has 21 heavy (non-hydrogen) atoms. The molecule has 110 valence electrons. The van der Waals surface area contributed by atoms with Crippen molar-refractivity contribution in [3.05, 3.63) is 46.5 Å². The molecule has 0 radical (unpaired) electrons. The first-order valence-electron chi connectivity index (χ1n) is 6.16. The smallest absolute Gasteiger partial charge is 0.255 e. The Kier molecular flexibility index (Phi) is 4.23. The summed E-state index contributed by atoms with van der Waals surface area (Å²) in [6, 6.07) is 7.69. The summed E-state index contributed by atoms with van der Waals surface area (Å²) >= 11 is 5.95. The molecule has 0 aromatic heterocycles. The highest BCUT2D eigenvalue weighted by Crippen LogP contribution is 2.29. The lowest BCUT2D eigenvalue weighted by Crippen LogP contribution is -2.13. The lowest BCUT2D eigenvalue weighted by atomic mass is 10.1. The van der Waals surface area contributed by atoms with Gasteiger partial charge in [-0.1, -0.05) is 11.6 Å². The second kappa shape index (κ2) is 5.93. The fourth-order valence-electron chi connectivity index (χ4n) is 1.86. The molecule has 0 atom stereocenters. The lowest BCUT2D eigenvalue weighted by molar-refractivity contribution is 0.102. The molecule has 5 nitrogen and oxygen atoms in total. The molecule has 1 amide bonds. The third-order valence-corrected chi connectivity index (χ3v) is 3.36. The highest BCUT2D eigenvalue weighted by Gasteiger charge is 2.12. The number of hydrogen-bond acceptors (Lipinski definition) is 4. The number of methoxy groups -OCH3 is 1. The van der Waals surface area contributed by atoms with E-state index in [1.807, 2.05) is 6.92 Å². The van der Waals surface area contributed by atoms with E-state index in [0.29, 0.717) is 27.7 Å². The van der Waals surface area contributed by atoms with E-state index in [1.54, 1.807) is 18.2 Å². The topological polar surface area (TPSA) is 84.6 Å². The highest BCUT2D eigenvalue weighted by atomic mass is 35.5. The number of ether oxygens (including phenoxy) is 1. The van der Waals surface area contributed by atoms with Gasteiger partial charge in [0.25, 0.3) is 5.91 Å². The maximum atomic E-state index is 12.2. The minimum Gasteiger partial charge on any atom is -0.504 e. The molecule has 0 bridgehead atoms. The number of aromatic hydroxyl groups is 1. The van der Waals surface area contributed by atoms with Crippen LogP contribution in [0.25, 0.3) is 0 Å². The predicted molar refractivity (Wildman–Crippen MR) is 83.2 cm³/mol. The summed E-state index contributed by atoms with van der Waals surface area (Å²) in [6.45, 7) is 1.81. The number of nitrogens with two attached hydrogens (primary N) is 1. The Morgan fingerprint density at radius 1 is 1.33 bits per heavy atom. The number of phenolic OH excluding ortho intramolecular Hbond substituents is 1. The summed E-state index contributed by atoms with van der Waals surface area (Å²) in [5, 5.41) is 12.8. The molecular weight excluding hydrogens is 292 g/mol. The maximum absolute atomic E-state index is 12.2. The minimum atomic E-state index is -0.364. The molecular formula is C15H15ClN2O3. The van der Waals surface area contributed by atoms with Crippen LogP contribution < -0.4 is 15.8 Å². The summed E-state index contributed by atoms with van der Waals surface area (Å²) in [5.74, 6) is -0.160. The van der Waals surface area contributed by atoms with E-state index < -0.39 is 0 Å². The van der Waals surface area contributed by atoms with Gasteiger partial charge in [-0.25, -0.2) is 0 Å². The molecule has 0 saturated heterocycles. The van der Waals surface area contributed by atoms with Crippen molar-refractivity contribution in [1.29, 1.82) is 0 Å². The summed E-state index contributed by atoms with van der Waals surface area (Å²) in [7, 11) is 1.44. The van der Waals surface area contributed by atoms with E-state index in [0.717, 1.165) is 5.56 Å². The number of rotatable bonds is 3. The van der Waals surface area contributed by atoms with Crippen molar-refractivity contribution in [3.8, 4) is 11.5 Å². The zero-order chi connectivity index (χ0) is 15.6. The van der Waals surface area contributed by atoms with Crippen LogP contribution >= 0.6 is 11.6 Å². The van der Waals surface area contributed by atoms with Crippen molar-refractivity contribution in [3.63, 3.8) is 0 Å². The number of benzene rings is 2. The van der Waals surface area contributed by atoms with Crippen molar-refractivity contribution in [1.82, 2.24) is 0 Å². The molecule has 4 N–H and O–H groups in total. The molecule has 0 spiro atoms. The average molecular weight is 307 g/mol. The van der Waals surface area contributed by atoms with Gasteiger partial charge < -0.3 is 20.9 Å². The molecule has 0 saturated carbocycles. The second-order valence-electron chi connectivity index (χ2n) is 4.53. The monoisotopic (exact) mass is 306 g/mol. The van der Waals surface area contributed by atoms with Crippen LogP contribution in [-0.2, 0) is 0 Å². The van der Waals surface area contributed by atoms with Crippen LogP contribution in [0.15, 0.2) is 30.3 Å². The van der Waals surface area contributed by atoms with Gasteiger partial charge in [-0.15, -0.1) is 0 Å². The number of amides is 1. The largest absolute Gasteiger partial charge is 0.504 e. The third-order valence-electron chi connectivity index (χ3n) is 3.03. The van der Waals surface area contributed by atoms with E-state index in [1.165, 1.54) is 19.2 Å². The third kappa shape index (κ3) is 3.20. The van der Waals surface area contributed by atoms with Gasteiger partial charge >= 0.3 is 0 Å². The van der Waals surface area contributed by atoms with Crippen LogP contribution in [0.4, 0.5) is 11.4 Å². The van der Waals surface area contributed by atoms with Crippen LogP contribution in [0.5, 0.6) is 11.5 Å². The number of hydrogen-bond donors (Lipinski definition) is 3. The molecule has 2 aromatic carbocycles. The molecule has 0 aliphatic carbocycles. The molecule has 0 unspecified atom stereocenters. The van der Waals surface area contributed by atoms with Crippen molar-refractivity contribution >= 4 is 28.9 Å². The zero-order valence-electron chi connectivity index (χ0n) is 11.6. The van der Waals surface area contributed by atoms with Gasteiger partial charge in [-0.2, -0.15) is 0 Å². The van der Waals surface area contributed by atoms with E-state index >= 15 is 0 Å². The predicted octanol–water partition coefficient (Wildman–Crippen LogP) is 3.20. The van der Waals surface area contributed by atoms with E-state index in [-0.39, 0.29) is 11.7 Å². The van der Waals surface area contributed by atoms with Gasteiger partial charge in [0.1, 0.15) is 0 Å². The number of nitrogens with one attached hydrogen (secondary N) is 1. The van der Waals surface area contributed by atoms with Crippen LogP contribution in [0, 0.1) is 6.92 Å². The van der Waals surface area contributed by atoms with Crippen LogP contribution in [0.1, 0.15) is 15.9 Å².